The van der Waals surface area contributed by atoms with Crippen molar-refractivity contribution in [2.75, 3.05) is 45.8 Å². The van der Waals surface area contributed by atoms with E-state index in [1.54, 1.807) is 0 Å². The summed E-state index contributed by atoms with van der Waals surface area (Å²) in [5, 5.41) is 3.49. The van der Waals surface area contributed by atoms with Gasteiger partial charge >= 0.3 is 0 Å². The van der Waals surface area contributed by atoms with Gasteiger partial charge < -0.3 is 15.1 Å². The highest BCUT2D eigenvalue weighted by molar-refractivity contribution is 5.96. The van der Waals surface area contributed by atoms with Crippen LogP contribution in [0.1, 0.15) is 33.7 Å². The molecule has 3 aliphatic heterocycles. The second-order valence-corrected chi connectivity index (χ2v) is 9.41. The fraction of sp³-hybridized carbons (Fsp3) is 0.542. The molecule has 2 aromatic rings. The van der Waals surface area contributed by atoms with E-state index in [0.717, 1.165) is 57.2 Å². The number of hydrogen-bond donors (Lipinski definition) is 1. The Kier molecular flexibility index (Phi) is 5.07. The Bertz CT molecular complexity index is 892. The van der Waals surface area contributed by atoms with Gasteiger partial charge in [0.2, 0.25) is 0 Å². The van der Waals surface area contributed by atoms with Gasteiger partial charge in [-0.2, -0.15) is 0 Å². The monoisotopic (exact) mass is 405 g/mol. The molecule has 2 unspecified atom stereocenters. The van der Waals surface area contributed by atoms with E-state index < -0.39 is 0 Å². The van der Waals surface area contributed by atoms with E-state index in [0.29, 0.717) is 22.8 Å². The maximum atomic E-state index is 13.1. The van der Waals surface area contributed by atoms with E-state index in [-0.39, 0.29) is 5.91 Å². The quantitative estimate of drug-likeness (QED) is 0.825. The van der Waals surface area contributed by atoms with Crippen LogP contribution in [0.4, 0.5) is 0 Å². The molecule has 30 heavy (non-hydrogen) atoms. The average molecular weight is 406 g/mol. The van der Waals surface area contributed by atoms with Crippen molar-refractivity contribution in [3.8, 4) is 0 Å². The lowest BCUT2D eigenvalue weighted by Gasteiger charge is -2.44. The van der Waals surface area contributed by atoms with Crippen LogP contribution in [0, 0.1) is 25.7 Å². The Labute approximate surface area is 178 Å². The molecule has 1 amide bonds. The van der Waals surface area contributed by atoms with Crippen LogP contribution in [0.15, 0.2) is 36.7 Å². The van der Waals surface area contributed by atoms with Crippen LogP contribution in [0.5, 0.6) is 0 Å². The second kappa shape index (κ2) is 7.75. The van der Waals surface area contributed by atoms with Gasteiger partial charge in [-0.05, 0) is 44.2 Å². The highest BCUT2D eigenvalue weighted by Crippen LogP contribution is 2.36. The molecule has 0 spiro atoms. The number of amides is 1. The maximum Gasteiger partial charge on any atom is 0.257 e. The number of fused-ring (bicyclic) bond motifs is 1. The van der Waals surface area contributed by atoms with Crippen LogP contribution in [0.3, 0.4) is 0 Å². The van der Waals surface area contributed by atoms with Crippen molar-refractivity contribution >= 4 is 5.91 Å². The summed E-state index contributed by atoms with van der Waals surface area (Å²) in [5.74, 6) is 1.29. The molecule has 6 heteroatoms. The van der Waals surface area contributed by atoms with Gasteiger partial charge in [0.25, 0.3) is 5.91 Å². The molecule has 3 fully saturated rings. The van der Waals surface area contributed by atoms with Crippen molar-refractivity contribution in [1.29, 1.82) is 0 Å². The summed E-state index contributed by atoms with van der Waals surface area (Å²) in [6.07, 6.45) is 2.74. The van der Waals surface area contributed by atoms with Gasteiger partial charge in [0, 0.05) is 44.7 Å². The second-order valence-electron chi connectivity index (χ2n) is 9.41. The highest BCUT2D eigenvalue weighted by Gasteiger charge is 2.44. The molecule has 4 heterocycles. The molecule has 6 nitrogen and oxygen atoms in total. The molecule has 0 radical (unpaired) electrons. The number of carbonyl (C=O) groups is 1. The zero-order chi connectivity index (χ0) is 20.7. The van der Waals surface area contributed by atoms with E-state index in [4.69, 9.17) is 0 Å². The molecule has 1 aromatic heterocycles. The largest absolute Gasteiger partial charge is 0.338 e. The molecule has 158 valence electrons. The number of benzene rings is 1. The first-order valence-corrected chi connectivity index (χ1v) is 11.1. The van der Waals surface area contributed by atoms with Gasteiger partial charge in [0.05, 0.1) is 17.0 Å². The van der Waals surface area contributed by atoms with Gasteiger partial charge in [-0.1, -0.05) is 30.3 Å². The molecule has 3 saturated heterocycles. The molecule has 0 saturated carbocycles. The number of nitrogens with one attached hydrogen (secondary N) is 1. The molecule has 0 aliphatic carbocycles. The Hall–Kier alpha value is -2.31. The third kappa shape index (κ3) is 3.42. The van der Waals surface area contributed by atoms with E-state index in [1.165, 1.54) is 18.3 Å². The zero-order valence-corrected chi connectivity index (χ0v) is 18.0. The van der Waals surface area contributed by atoms with Crippen molar-refractivity contribution < 1.29 is 4.79 Å². The standard InChI is InChI=1S/C24H31N5O/c1-17-22(18(2)27-16-26-17)23(30)29-12-19-10-28(11-20(19)13-29)9-8-24(14-25-15-24)21-6-4-3-5-7-21/h3-7,16,19-20,25H,8-15H2,1-2H3. The van der Waals surface area contributed by atoms with Crippen LogP contribution in [-0.2, 0) is 5.41 Å². The van der Waals surface area contributed by atoms with Crippen molar-refractivity contribution in [2.45, 2.75) is 25.7 Å². The summed E-state index contributed by atoms with van der Waals surface area (Å²) in [6.45, 7) is 11.0. The Morgan fingerprint density at radius 1 is 1.03 bits per heavy atom. The van der Waals surface area contributed by atoms with Crippen LogP contribution in [0.2, 0.25) is 0 Å². The van der Waals surface area contributed by atoms with E-state index >= 15 is 0 Å². The molecule has 2 atom stereocenters. The van der Waals surface area contributed by atoms with Gasteiger partial charge in [-0.25, -0.2) is 9.97 Å². The summed E-state index contributed by atoms with van der Waals surface area (Å²) < 4.78 is 0. The predicted molar refractivity (Wildman–Crippen MR) is 116 cm³/mol. The third-order valence-electron chi connectivity index (χ3n) is 7.51. The summed E-state index contributed by atoms with van der Waals surface area (Å²) >= 11 is 0. The first-order valence-electron chi connectivity index (χ1n) is 11.1. The third-order valence-corrected chi connectivity index (χ3v) is 7.51. The molecule has 5 rings (SSSR count). The van der Waals surface area contributed by atoms with E-state index in [2.05, 4.69) is 50.5 Å². The summed E-state index contributed by atoms with van der Waals surface area (Å²) in [6, 6.07) is 11.0. The van der Waals surface area contributed by atoms with Gasteiger partial charge in [0.1, 0.15) is 6.33 Å². The molecule has 0 bridgehead atoms. The smallest absolute Gasteiger partial charge is 0.257 e. The fourth-order valence-electron chi connectivity index (χ4n) is 5.62. The van der Waals surface area contributed by atoms with Crippen molar-refractivity contribution in [3.05, 3.63) is 59.2 Å². The summed E-state index contributed by atoms with van der Waals surface area (Å²) in [5.41, 5.74) is 4.02. The lowest BCUT2D eigenvalue weighted by molar-refractivity contribution is 0.0770. The van der Waals surface area contributed by atoms with E-state index in [9.17, 15) is 4.79 Å². The van der Waals surface area contributed by atoms with Crippen LogP contribution in [-0.4, -0.2) is 71.5 Å². The Morgan fingerprint density at radius 2 is 1.67 bits per heavy atom. The summed E-state index contributed by atoms with van der Waals surface area (Å²) in [7, 11) is 0. The molecular formula is C24H31N5O. The number of aryl methyl sites for hydroxylation is 2. The number of aromatic nitrogens is 2. The molecule has 1 aromatic carbocycles. The first-order chi connectivity index (χ1) is 14.6. The number of likely N-dealkylation sites (tertiary alicyclic amines) is 2. The minimum absolute atomic E-state index is 0.107. The molecule has 3 aliphatic rings. The van der Waals surface area contributed by atoms with Crippen molar-refractivity contribution in [1.82, 2.24) is 25.1 Å². The van der Waals surface area contributed by atoms with E-state index in [1.807, 2.05) is 18.7 Å². The maximum absolute atomic E-state index is 13.1. The normalized spacial score (nSPS) is 25.2. The number of hydrogen-bond acceptors (Lipinski definition) is 5. The number of rotatable bonds is 5. The van der Waals surface area contributed by atoms with Crippen molar-refractivity contribution in [3.63, 3.8) is 0 Å². The van der Waals surface area contributed by atoms with Gasteiger partial charge in [-0.15, -0.1) is 0 Å². The van der Waals surface area contributed by atoms with Crippen LogP contribution in [0.25, 0.3) is 0 Å². The zero-order valence-electron chi connectivity index (χ0n) is 18.0. The number of carbonyl (C=O) groups excluding carboxylic acids is 1. The predicted octanol–water partition coefficient (Wildman–Crippen LogP) is 2.03. The summed E-state index contributed by atoms with van der Waals surface area (Å²) in [4.78, 5) is 26.2. The minimum Gasteiger partial charge on any atom is -0.338 e. The number of nitrogens with zero attached hydrogens (tertiary/aromatic N) is 4. The Morgan fingerprint density at radius 3 is 2.23 bits per heavy atom. The van der Waals surface area contributed by atoms with Crippen LogP contribution < -0.4 is 5.32 Å². The minimum atomic E-state index is 0.107. The lowest BCUT2D eigenvalue weighted by atomic mass is 9.72. The van der Waals surface area contributed by atoms with Gasteiger partial charge in [-0.3, -0.25) is 4.79 Å². The SMILES string of the molecule is Cc1ncnc(C)c1C(=O)N1CC2CN(CCC3(c4ccccc4)CNC3)CC2C1. The lowest BCUT2D eigenvalue weighted by Crippen LogP contribution is -2.57. The Balaban J connectivity index is 1.18. The average Bonchev–Trinajstić information content (AvgIpc) is 3.27. The van der Waals surface area contributed by atoms with Gasteiger partial charge in [0.15, 0.2) is 0 Å². The molecule has 1 N–H and O–H groups in total. The topological polar surface area (TPSA) is 61.4 Å². The van der Waals surface area contributed by atoms with Crippen molar-refractivity contribution in [2.24, 2.45) is 11.8 Å². The highest BCUT2D eigenvalue weighted by atomic mass is 16.2. The first kappa shape index (κ1) is 19.6. The van der Waals surface area contributed by atoms with Crippen LogP contribution >= 0.6 is 0 Å². The fourth-order valence-corrected chi connectivity index (χ4v) is 5.62. The molecular weight excluding hydrogens is 374 g/mol.